The van der Waals surface area contributed by atoms with E-state index in [-0.39, 0.29) is 0 Å². The summed E-state index contributed by atoms with van der Waals surface area (Å²) in [5.74, 6) is 1.73. The molecule has 0 unspecified atom stereocenters. The van der Waals surface area contributed by atoms with Crippen LogP contribution in [-0.2, 0) is 19.5 Å². The lowest BCUT2D eigenvalue weighted by molar-refractivity contribution is 0.347. The van der Waals surface area contributed by atoms with E-state index in [1.54, 1.807) is 17.3 Å². The molecule has 3 heterocycles. The zero-order valence-corrected chi connectivity index (χ0v) is 12.8. The van der Waals surface area contributed by atoms with Crippen molar-refractivity contribution in [1.82, 2.24) is 34.8 Å². The summed E-state index contributed by atoms with van der Waals surface area (Å²) >= 11 is 0. The van der Waals surface area contributed by atoms with Gasteiger partial charge in [-0.1, -0.05) is 18.2 Å². The molecule has 1 aliphatic heterocycles. The average Bonchev–Trinajstić information content (AvgIpc) is 3.26. The van der Waals surface area contributed by atoms with Crippen LogP contribution in [0.2, 0.25) is 0 Å². The van der Waals surface area contributed by atoms with E-state index in [1.165, 1.54) is 5.56 Å². The second kappa shape index (κ2) is 6.29. The van der Waals surface area contributed by atoms with Crippen molar-refractivity contribution in [2.45, 2.75) is 25.9 Å². The van der Waals surface area contributed by atoms with Crippen molar-refractivity contribution in [3.05, 3.63) is 54.6 Å². The van der Waals surface area contributed by atoms with Gasteiger partial charge in [-0.3, -0.25) is 0 Å². The molecular weight excluding hydrogens is 290 g/mol. The first kappa shape index (κ1) is 14.1. The lowest BCUT2D eigenvalue weighted by atomic mass is 9.99. The molecule has 1 aliphatic rings. The zero-order valence-electron chi connectivity index (χ0n) is 12.8. The van der Waals surface area contributed by atoms with Crippen molar-refractivity contribution in [3.8, 4) is 5.69 Å². The number of rotatable bonds is 5. The minimum Gasteiger partial charge on any atom is -0.317 e. The first-order valence-corrected chi connectivity index (χ1v) is 7.90. The summed E-state index contributed by atoms with van der Waals surface area (Å²) in [7, 11) is 0. The van der Waals surface area contributed by atoms with Crippen LogP contribution in [0.5, 0.6) is 0 Å². The highest BCUT2D eigenvalue weighted by Gasteiger charge is 2.19. The van der Waals surface area contributed by atoms with Gasteiger partial charge in [0.2, 0.25) is 0 Å². The topological polar surface area (TPSA) is 73.5 Å². The van der Waals surface area contributed by atoms with Crippen molar-refractivity contribution >= 4 is 0 Å². The molecule has 23 heavy (non-hydrogen) atoms. The van der Waals surface area contributed by atoms with Crippen molar-refractivity contribution in [1.29, 1.82) is 0 Å². The van der Waals surface area contributed by atoms with E-state index in [1.807, 2.05) is 12.4 Å². The van der Waals surface area contributed by atoms with Gasteiger partial charge in [0.05, 0.1) is 5.69 Å². The van der Waals surface area contributed by atoms with E-state index in [0.717, 1.165) is 44.0 Å². The van der Waals surface area contributed by atoms with Crippen LogP contribution in [0, 0.1) is 5.92 Å². The highest BCUT2D eigenvalue weighted by molar-refractivity contribution is 5.39. The van der Waals surface area contributed by atoms with Crippen LogP contribution in [0.4, 0.5) is 0 Å². The molecule has 0 radical (unpaired) electrons. The first-order valence-electron chi connectivity index (χ1n) is 7.90. The van der Waals surface area contributed by atoms with Gasteiger partial charge in [-0.15, -0.1) is 10.2 Å². The van der Waals surface area contributed by atoms with Crippen LogP contribution in [0.3, 0.4) is 0 Å². The average molecular weight is 309 g/mol. The second-order valence-corrected chi connectivity index (χ2v) is 5.90. The van der Waals surface area contributed by atoms with Crippen molar-refractivity contribution in [2.24, 2.45) is 5.92 Å². The van der Waals surface area contributed by atoms with Crippen LogP contribution in [0.15, 0.2) is 43.2 Å². The first-order chi connectivity index (χ1) is 11.4. The zero-order chi connectivity index (χ0) is 15.5. The third-order valence-corrected chi connectivity index (χ3v) is 4.33. The van der Waals surface area contributed by atoms with Gasteiger partial charge in [0.25, 0.3) is 0 Å². The largest absolute Gasteiger partial charge is 0.317 e. The van der Waals surface area contributed by atoms with Crippen molar-refractivity contribution < 1.29 is 0 Å². The van der Waals surface area contributed by atoms with E-state index < -0.39 is 0 Å². The summed E-state index contributed by atoms with van der Waals surface area (Å²) in [5, 5.41) is 15.9. The third kappa shape index (κ3) is 3.00. The highest BCUT2D eigenvalue weighted by Crippen LogP contribution is 2.18. The van der Waals surface area contributed by atoms with E-state index >= 15 is 0 Å². The molecule has 0 aliphatic carbocycles. The van der Waals surface area contributed by atoms with Crippen LogP contribution in [0.25, 0.3) is 5.69 Å². The predicted octanol–water partition coefficient (Wildman–Crippen LogP) is 1.21. The molecule has 0 saturated heterocycles. The van der Waals surface area contributed by atoms with E-state index in [0.29, 0.717) is 5.92 Å². The number of nitrogens with zero attached hydrogens (tertiary/aromatic N) is 6. The van der Waals surface area contributed by atoms with Gasteiger partial charge in [-0.25, -0.2) is 9.67 Å². The monoisotopic (exact) mass is 309 g/mol. The Labute approximate surface area is 134 Å². The molecule has 0 amide bonds. The standard InChI is InChI=1S/C16H19N7/c1-2-4-15(23-11-18-10-20-23)14(3-1)8-17-7-13-5-6-16-21-19-12-22(16)9-13/h1-4,10-13,17H,5-9H2/t13-/m0/s1. The molecule has 1 aromatic carbocycles. The Morgan fingerprint density at radius 1 is 1.22 bits per heavy atom. The smallest absolute Gasteiger partial charge is 0.138 e. The molecule has 2 aromatic heterocycles. The number of fused-ring (bicyclic) bond motifs is 1. The van der Waals surface area contributed by atoms with E-state index in [2.05, 4.69) is 48.4 Å². The second-order valence-electron chi connectivity index (χ2n) is 5.90. The molecule has 0 saturated carbocycles. The fourth-order valence-corrected chi connectivity index (χ4v) is 3.12. The Morgan fingerprint density at radius 2 is 2.17 bits per heavy atom. The SMILES string of the molecule is c1ccc(-n2cncn2)c(CNC[C@@H]2CCc3nncn3C2)c1. The summed E-state index contributed by atoms with van der Waals surface area (Å²) in [5.41, 5.74) is 2.29. The minimum absolute atomic E-state index is 0.622. The Kier molecular flexibility index (Phi) is 3.85. The molecule has 0 spiro atoms. The third-order valence-electron chi connectivity index (χ3n) is 4.33. The molecule has 7 nitrogen and oxygen atoms in total. The van der Waals surface area contributed by atoms with E-state index in [9.17, 15) is 0 Å². The highest BCUT2D eigenvalue weighted by atomic mass is 15.3. The maximum atomic E-state index is 4.22. The van der Waals surface area contributed by atoms with Gasteiger partial charge in [0.1, 0.15) is 24.8 Å². The normalized spacial score (nSPS) is 17.1. The fraction of sp³-hybridized carbons (Fsp3) is 0.375. The Morgan fingerprint density at radius 3 is 3.09 bits per heavy atom. The lowest BCUT2D eigenvalue weighted by Crippen LogP contribution is -2.30. The maximum Gasteiger partial charge on any atom is 0.138 e. The Bertz CT molecular complexity index is 762. The summed E-state index contributed by atoms with van der Waals surface area (Å²) in [4.78, 5) is 4.03. The molecule has 1 N–H and O–H groups in total. The Balaban J connectivity index is 1.37. The van der Waals surface area contributed by atoms with Gasteiger partial charge in [0.15, 0.2) is 0 Å². The van der Waals surface area contributed by atoms with Gasteiger partial charge < -0.3 is 9.88 Å². The number of aryl methyl sites for hydroxylation is 1. The molecule has 0 bridgehead atoms. The van der Waals surface area contributed by atoms with Gasteiger partial charge in [-0.2, -0.15) is 5.10 Å². The number of benzene rings is 1. The minimum atomic E-state index is 0.622. The van der Waals surface area contributed by atoms with Crippen LogP contribution in [-0.4, -0.2) is 36.1 Å². The van der Waals surface area contributed by atoms with Crippen molar-refractivity contribution in [3.63, 3.8) is 0 Å². The summed E-state index contributed by atoms with van der Waals surface area (Å²) in [6.07, 6.45) is 7.30. The molecule has 118 valence electrons. The fourth-order valence-electron chi connectivity index (χ4n) is 3.12. The molecular formula is C16H19N7. The molecule has 4 rings (SSSR count). The van der Waals surface area contributed by atoms with E-state index in [4.69, 9.17) is 0 Å². The number of hydrogen-bond donors (Lipinski definition) is 1. The molecule has 0 fully saturated rings. The van der Waals surface area contributed by atoms with Gasteiger partial charge >= 0.3 is 0 Å². The molecule has 7 heteroatoms. The molecule has 1 atom stereocenters. The molecule has 3 aromatic rings. The lowest BCUT2D eigenvalue weighted by Gasteiger charge is -2.23. The summed E-state index contributed by atoms with van der Waals surface area (Å²) in [6.45, 7) is 2.81. The van der Waals surface area contributed by atoms with Gasteiger partial charge in [-0.05, 0) is 30.5 Å². The quantitative estimate of drug-likeness (QED) is 0.767. The maximum absolute atomic E-state index is 4.22. The van der Waals surface area contributed by atoms with Crippen LogP contribution < -0.4 is 5.32 Å². The Hall–Kier alpha value is -2.54. The predicted molar refractivity (Wildman–Crippen MR) is 84.9 cm³/mol. The number of nitrogens with one attached hydrogen (secondary N) is 1. The van der Waals surface area contributed by atoms with Crippen LogP contribution >= 0.6 is 0 Å². The van der Waals surface area contributed by atoms with Crippen LogP contribution in [0.1, 0.15) is 17.8 Å². The van der Waals surface area contributed by atoms with Gasteiger partial charge in [0, 0.05) is 19.5 Å². The number of para-hydroxylation sites is 1. The number of hydrogen-bond acceptors (Lipinski definition) is 5. The van der Waals surface area contributed by atoms with Crippen molar-refractivity contribution in [2.75, 3.05) is 6.54 Å². The number of aromatic nitrogens is 6. The summed E-state index contributed by atoms with van der Waals surface area (Å²) in [6, 6.07) is 8.27. The summed E-state index contributed by atoms with van der Waals surface area (Å²) < 4.78 is 3.97.